The summed E-state index contributed by atoms with van der Waals surface area (Å²) in [7, 11) is 1.61. The molecule has 1 atom stereocenters. The summed E-state index contributed by atoms with van der Waals surface area (Å²) < 4.78 is 5.17. The molecule has 0 spiro atoms. The van der Waals surface area contributed by atoms with Gasteiger partial charge in [0.25, 0.3) is 0 Å². The Hall–Kier alpha value is -1.46. The highest BCUT2D eigenvalue weighted by Crippen LogP contribution is 2.15. The second-order valence-corrected chi connectivity index (χ2v) is 2.96. The molecule has 0 saturated heterocycles. The second kappa shape index (κ2) is 3.73. The molecule has 1 unspecified atom stereocenters. The Bertz CT molecular complexity index is 388. The van der Waals surface area contributed by atoms with Gasteiger partial charge < -0.3 is 15.5 Å². The number of rotatable bonds is 3. The monoisotopic (exact) mass is 192 g/mol. The minimum Gasteiger partial charge on any atom is -0.372 e. The Kier molecular flexibility index (Phi) is 2.43. The normalized spacial score (nSPS) is 13.3. The molecule has 2 rings (SSSR count). The van der Waals surface area contributed by atoms with Crippen LogP contribution in [0.1, 0.15) is 11.9 Å². The van der Waals surface area contributed by atoms with E-state index in [0.717, 1.165) is 11.3 Å². The van der Waals surface area contributed by atoms with E-state index in [1.807, 2.05) is 12.1 Å². The molecule has 0 fully saturated rings. The van der Waals surface area contributed by atoms with E-state index in [1.165, 1.54) is 0 Å². The number of nitrogens with two attached hydrogens (primary N) is 1. The maximum Gasteiger partial charge on any atom is 0.177 e. The minimum atomic E-state index is -0.191. The number of aromatic amines is 1. The van der Waals surface area contributed by atoms with Gasteiger partial charge in [-0.2, -0.15) is 0 Å². The molecular formula is C9H12N4O. The van der Waals surface area contributed by atoms with Crippen molar-refractivity contribution in [3.05, 3.63) is 24.2 Å². The summed E-state index contributed by atoms with van der Waals surface area (Å²) in [4.78, 5) is 11.5. The lowest BCUT2D eigenvalue weighted by Gasteiger charge is -2.08. The molecule has 2 heterocycles. The Labute approximate surface area is 81.3 Å². The molecule has 0 saturated carbocycles. The average Bonchev–Trinajstić information content (AvgIpc) is 2.63. The molecule has 3 N–H and O–H groups in total. The molecule has 14 heavy (non-hydrogen) atoms. The van der Waals surface area contributed by atoms with Crippen LogP contribution in [-0.2, 0) is 4.74 Å². The molecule has 0 bridgehead atoms. The van der Waals surface area contributed by atoms with Crippen molar-refractivity contribution in [2.24, 2.45) is 5.73 Å². The number of nitrogens with one attached hydrogen (secondary N) is 1. The number of imidazole rings is 1. The van der Waals surface area contributed by atoms with E-state index in [2.05, 4.69) is 15.0 Å². The topological polar surface area (TPSA) is 76.8 Å². The molecule has 0 aliphatic rings. The van der Waals surface area contributed by atoms with Crippen molar-refractivity contribution in [2.75, 3.05) is 13.7 Å². The molecule has 0 aliphatic heterocycles. The summed E-state index contributed by atoms with van der Waals surface area (Å²) in [6, 6.07) is 3.77. The molecule has 74 valence electrons. The van der Waals surface area contributed by atoms with Gasteiger partial charge in [-0.05, 0) is 12.1 Å². The Balaban J connectivity index is 2.43. The van der Waals surface area contributed by atoms with Gasteiger partial charge in [0.05, 0.1) is 5.52 Å². The summed E-state index contributed by atoms with van der Waals surface area (Å²) in [5.41, 5.74) is 7.13. The predicted molar refractivity (Wildman–Crippen MR) is 52.7 cm³/mol. The summed E-state index contributed by atoms with van der Waals surface area (Å²) >= 11 is 0. The predicted octanol–water partition coefficient (Wildman–Crippen LogP) is 0.604. The maximum atomic E-state index is 5.53. The third kappa shape index (κ3) is 1.47. The van der Waals surface area contributed by atoms with E-state index in [0.29, 0.717) is 12.2 Å². The fourth-order valence-corrected chi connectivity index (χ4v) is 1.34. The first-order chi connectivity index (χ1) is 6.85. The molecule has 0 amide bonds. The van der Waals surface area contributed by atoms with Crippen molar-refractivity contribution in [2.45, 2.75) is 6.10 Å². The molecule has 0 radical (unpaired) electrons. The molecule has 5 nitrogen and oxygen atoms in total. The van der Waals surface area contributed by atoms with Crippen LogP contribution in [0.3, 0.4) is 0 Å². The van der Waals surface area contributed by atoms with Gasteiger partial charge in [0.15, 0.2) is 5.65 Å². The Morgan fingerprint density at radius 2 is 2.50 bits per heavy atom. The van der Waals surface area contributed by atoms with Crippen LogP contribution in [0, 0.1) is 0 Å². The fourth-order valence-electron chi connectivity index (χ4n) is 1.34. The van der Waals surface area contributed by atoms with Crippen LogP contribution in [0.4, 0.5) is 0 Å². The van der Waals surface area contributed by atoms with Crippen LogP contribution in [0.15, 0.2) is 18.3 Å². The third-order valence-electron chi connectivity index (χ3n) is 2.08. The number of nitrogens with zero attached hydrogens (tertiary/aromatic N) is 2. The van der Waals surface area contributed by atoms with E-state index >= 15 is 0 Å². The van der Waals surface area contributed by atoms with Crippen molar-refractivity contribution >= 4 is 11.2 Å². The molecule has 0 aliphatic carbocycles. The highest BCUT2D eigenvalue weighted by Gasteiger charge is 2.12. The van der Waals surface area contributed by atoms with Crippen LogP contribution in [0.2, 0.25) is 0 Å². The summed E-state index contributed by atoms with van der Waals surface area (Å²) in [5, 5.41) is 0. The standard InChI is InChI=1S/C9H12N4O/c1-14-7(5-10)9-12-6-3-2-4-11-8(6)13-9/h2-4,7H,5,10H2,1H3,(H,11,12,13). The van der Waals surface area contributed by atoms with Gasteiger partial charge in [-0.25, -0.2) is 9.97 Å². The molecular weight excluding hydrogens is 180 g/mol. The van der Waals surface area contributed by atoms with Crippen LogP contribution in [-0.4, -0.2) is 28.6 Å². The maximum absolute atomic E-state index is 5.53. The van der Waals surface area contributed by atoms with Crippen molar-refractivity contribution < 1.29 is 4.74 Å². The number of fused-ring (bicyclic) bond motifs is 1. The highest BCUT2D eigenvalue weighted by molar-refractivity contribution is 5.69. The van der Waals surface area contributed by atoms with Gasteiger partial charge in [0, 0.05) is 19.9 Å². The van der Waals surface area contributed by atoms with Crippen LogP contribution < -0.4 is 5.73 Å². The lowest BCUT2D eigenvalue weighted by molar-refractivity contribution is 0.104. The fraction of sp³-hybridized carbons (Fsp3) is 0.333. The zero-order chi connectivity index (χ0) is 9.97. The summed E-state index contributed by atoms with van der Waals surface area (Å²) in [6.07, 6.45) is 1.52. The van der Waals surface area contributed by atoms with Gasteiger partial charge >= 0.3 is 0 Å². The van der Waals surface area contributed by atoms with Crippen LogP contribution in [0.25, 0.3) is 11.2 Å². The van der Waals surface area contributed by atoms with E-state index in [9.17, 15) is 0 Å². The van der Waals surface area contributed by atoms with Gasteiger partial charge in [-0.15, -0.1) is 0 Å². The van der Waals surface area contributed by atoms with Crippen LogP contribution in [0.5, 0.6) is 0 Å². The minimum absolute atomic E-state index is 0.191. The average molecular weight is 192 g/mol. The largest absolute Gasteiger partial charge is 0.372 e. The van der Waals surface area contributed by atoms with E-state index in [4.69, 9.17) is 10.5 Å². The molecule has 2 aromatic rings. The molecule has 5 heteroatoms. The number of H-pyrrole nitrogens is 1. The van der Waals surface area contributed by atoms with E-state index in [-0.39, 0.29) is 6.10 Å². The zero-order valence-corrected chi connectivity index (χ0v) is 7.90. The second-order valence-electron chi connectivity index (χ2n) is 2.96. The van der Waals surface area contributed by atoms with Crippen LogP contribution >= 0.6 is 0 Å². The molecule has 0 aromatic carbocycles. The zero-order valence-electron chi connectivity index (χ0n) is 7.90. The third-order valence-corrected chi connectivity index (χ3v) is 2.08. The lowest BCUT2D eigenvalue weighted by atomic mass is 10.3. The lowest BCUT2D eigenvalue weighted by Crippen LogP contribution is -2.15. The Morgan fingerprint density at radius 3 is 3.14 bits per heavy atom. The summed E-state index contributed by atoms with van der Waals surface area (Å²) in [6.45, 7) is 0.399. The van der Waals surface area contributed by atoms with Crippen molar-refractivity contribution in [3.8, 4) is 0 Å². The van der Waals surface area contributed by atoms with Crippen molar-refractivity contribution in [1.29, 1.82) is 0 Å². The number of aromatic nitrogens is 3. The first kappa shape index (κ1) is 9.11. The van der Waals surface area contributed by atoms with E-state index in [1.54, 1.807) is 13.3 Å². The van der Waals surface area contributed by atoms with Crippen molar-refractivity contribution in [1.82, 2.24) is 15.0 Å². The smallest absolute Gasteiger partial charge is 0.177 e. The van der Waals surface area contributed by atoms with E-state index < -0.39 is 0 Å². The van der Waals surface area contributed by atoms with Gasteiger partial charge in [0.1, 0.15) is 11.9 Å². The van der Waals surface area contributed by atoms with Gasteiger partial charge in [0.2, 0.25) is 0 Å². The van der Waals surface area contributed by atoms with Crippen molar-refractivity contribution in [3.63, 3.8) is 0 Å². The SMILES string of the molecule is COC(CN)c1nc2ncccc2[nH]1. The van der Waals surface area contributed by atoms with Gasteiger partial charge in [-0.3, -0.25) is 0 Å². The molecule has 2 aromatic heterocycles. The first-order valence-corrected chi connectivity index (χ1v) is 4.38. The first-order valence-electron chi connectivity index (χ1n) is 4.38. The summed E-state index contributed by atoms with van der Waals surface area (Å²) in [5.74, 6) is 0.726. The number of hydrogen-bond acceptors (Lipinski definition) is 4. The Morgan fingerprint density at radius 1 is 1.64 bits per heavy atom. The highest BCUT2D eigenvalue weighted by atomic mass is 16.5. The number of hydrogen-bond donors (Lipinski definition) is 2. The number of methoxy groups -OCH3 is 1. The van der Waals surface area contributed by atoms with Gasteiger partial charge in [-0.1, -0.05) is 0 Å². The number of ether oxygens (including phenoxy) is 1. The quantitative estimate of drug-likeness (QED) is 0.746. The number of pyridine rings is 1.